The summed E-state index contributed by atoms with van der Waals surface area (Å²) in [6, 6.07) is 4.38. The van der Waals surface area contributed by atoms with Gasteiger partial charge >= 0.3 is 0 Å². The Bertz CT molecular complexity index is 825. The predicted octanol–water partition coefficient (Wildman–Crippen LogP) is 1.91. The number of hydrogen-bond donors (Lipinski definition) is 1. The fourth-order valence-electron chi connectivity index (χ4n) is 2.96. The summed E-state index contributed by atoms with van der Waals surface area (Å²) in [5.74, 6) is 0.839. The molecule has 0 aromatic carbocycles. The molecule has 3 aromatic heterocycles. The van der Waals surface area contributed by atoms with Crippen molar-refractivity contribution in [3.8, 4) is 16.9 Å². The van der Waals surface area contributed by atoms with E-state index in [2.05, 4.69) is 21.6 Å². The molecule has 0 spiro atoms. The van der Waals surface area contributed by atoms with Crippen molar-refractivity contribution in [2.45, 2.75) is 12.5 Å². The first kappa shape index (κ1) is 17.7. The van der Waals surface area contributed by atoms with E-state index in [1.54, 1.807) is 10.9 Å². The Labute approximate surface area is 152 Å². The van der Waals surface area contributed by atoms with Crippen molar-refractivity contribution in [3.05, 3.63) is 36.9 Å². The van der Waals surface area contributed by atoms with Crippen molar-refractivity contribution in [2.24, 2.45) is 7.05 Å². The van der Waals surface area contributed by atoms with Crippen LogP contribution in [-0.2, 0) is 11.8 Å². The van der Waals surface area contributed by atoms with Gasteiger partial charge in [-0.1, -0.05) is 0 Å². The summed E-state index contributed by atoms with van der Waals surface area (Å²) in [6.45, 7) is 3.09. The standard InChI is InChI=1S/C17H21N5O2.ClH/c1-21-10-14(9-20-21)13-8-17(16-2-4-19-22(16)11-13)24-6-3-15-12-23-7-5-18-15;/h2,4,8-11,15,18H,3,5-7,12H2,1H3;1H. The van der Waals surface area contributed by atoms with Crippen LogP contribution in [0.1, 0.15) is 6.42 Å². The van der Waals surface area contributed by atoms with E-state index in [1.807, 2.05) is 36.2 Å². The molecule has 1 aliphatic rings. The number of fused-ring (bicyclic) bond motifs is 1. The Balaban J connectivity index is 0.00000182. The number of pyridine rings is 1. The molecule has 0 saturated carbocycles. The highest BCUT2D eigenvalue weighted by Gasteiger charge is 2.14. The quantitative estimate of drug-likeness (QED) is 0.750. The van der Waals surface area contributed by atoms with Crippen LogP contribution in [0.5, 0.6) is 5.75 Å². The molecule has 1 fully saturated rings. The third-order valence-corrected chi connectivity index (χ3v) is 4.23. The van der Waals surface area contributed by atoms with Crippen LogP contribution < -0.4 is 10.1 Å². The molecule has 1 atom stereocenters. The lowest BCUT2D eigenvalue weighted by Gasteiger charge is -2.23. The van der Waals surface area contributed by atoms with Gasteiger partial charge in [-0.2, -0.15) is 10.2 Å². The third kappa shape index (κ3) is 3.95. The van der Waals surface area contributed by atoms with Gasteiger partial charge in [-0.05, 0) is 18.6 Å². The topological polar surface area (TPSA) is 65.6 Å². The molecule has 0 radical (unpaired) electrons. The second kappa shape index (κ2) is 7.86. The van der Waals surface area contributed by atoms with Crippen LogP contribution >= 0.6 is 12.4 Å². The minimum atomic E-state index is 0. The minimum absolute atomic E-state index is 0. The number of halogens is 1. The lowest BCUT2D eigenvalue weighted by molar-refractivity contribution is 0.0692. The van der Waals surface area contributed by atoms with Gasteiger partial charge in [0.15, 0.2) is 0 Å². The van der Waals surface area contributed by atoms with Crippen LogP contribution in [0, 0.1) is 0 Å². The molecule has 25 heavy (non-hydrogen) atoms. The van der Waals surface area contributed by atoms with Crippen molar-refractivity contribution in [1.29, 1.82) is 0 Å². The van der Waals surface area contributed by atoms with Crippen LogP contribution in [-0.4, -0.2) is 51.8 Å². The summed E-state index contributed by atoms with van der Waals surface area (Å²) in [6.07, 6.45) is 8.52. The van der Waals surface area contributed by atoms with E-state index >= 15 is 0 Å². The van der Waals surface area contributed by atoms with E-state index in [0.29, 0.717) is 12.6 Å². The number of nitrogens with zero attached hydrogens (tertiary/aromatic N) is 4. The number of nitrogens with one attached hydrogen (secondary N) is 1. The highest BCUT2D eigenvalue weighted by molar-refractivity contribution is 5.85. The van der Waals surface area contributed by atoms with Crippen molar-refractivity contribution < 1.29 is 9.47 Å². The van der Waals surface area contributed by atoms with Gasteiger partial charge < -0.3 is 14.8 Å². The molecule has 1 aliphatic heterocycles. The summed E-state index contributed by atoms with van der Waals surface area (Å²) < 4.78 is 15.2. The average Bonchev–Trinajstić information content (AvgIpc) is 3.24. The molecule has 8 heteroatoms. The first-order valence-corrected chi connectivity index (χ1v) is 8.20. The molecular formula is C17H22ClN5O2. The maximum Gasteiger partial charge on any atom is 0.145 e. The van der Waals surface area contributed by atoms with Crippen molar-refractivity contribution >= 4 is 17.9 Å². The Morgan fingerprint density at radius 3 is 3.00 bits per heavy atom. The van der Waals surface area contributed by atoms with E-state index < -0.39 is 0 Å². The number of aryl methyl sites for hydroxylation is 1. The van der Waals surface area contributed by atoms with Gasteiger partial charge in [0.25, 0.3) is 0 Å². The Morgan fingerprint density at radius 2 is 2.24 bits per heavy atom. The van der Waals surface area contributed by atoms with Gasteiger partial charge in [0.05, 0.1) is 32.2 Å². The molecule has 1 unspecified atom stereocenters. The second-order valence-electron chi connectivity index (χ2n) is 6.02. The summed E-state index contributed by atoms with van der Waals surface area (Å²) in [5, 5.41) is 12.0. The highest BCUT2D eigenvalue weighted by atomic mass is 35.5. The van der Waals surface area contributed by atoms with E-state index in [0.717, 1.165) is 48.6 Å². The van der Waals surface area contributed by atoms with Crippen LogP contribution in [0.15, 0.2) is 36.9 Å². The number of ether oxygens (including phenoxy) is 2. The predicted molar refractivity (Wildman–Crippen MR) is 97.4 cm³/mol. The number of hydrogen-bond acceptors (Lipinski definition) is 5. The lowest BCUT2D eigenvalue weighted by atomic mass is 10.1. The molecular weight excluding hydrogens is 342 g/mol. The van der Waals surface area contributed by atoms with E-state index in [4.69, 9.17) is 9.47 Å². The van der Waals surface area contributed by atoms with Gasteiger partial charge in [0, 0.05) is 43.2 Å². The maximum absolute atomic E-state index is 6.07. The lowest BCUT2D eigenvalue weighted by Crippen LogP contribution is -2.42. The highest BCUT2D eigenvalue weighted by Crippen LogP contribution is 2.27. The van der Waals surface area contributed by atoms with Crippen LogP contribution in [0.3, 0.4) is 0 Å². The fourth-order valence-corrected chi connectivity index (χ4v) is 2.96. The van der Waals surface area contributed by atoms with E-state index in [-0.39, 0.29) is 12.4 Å². The van der Waals surface area contributed by atoms with E-state index in [1.165, 1.54) is 0 Å². The molecule has 1 saturated heterocycles. The zero-order chi connectivity index (χ0) is 16.4. The maximum atomic E-state index is 6.07. The first-order chi connectivity index (χ1) is 11.8. The third-order valence-electron chi connectivity index (χ3n) is 4.23. The number of aromatic nitrogens is 4. The first-order valence-electron chi connectivity index (χ1n) is 8.20. The zero-order valence-corrected chi connectivity index (χ0v) is 14.9. The molecule has 0 amide bonds. The van der Waals surface area contributed by atoms with Crippen LogP contribution in [0.25, 0.3) is 16.6 Å². The van der Waals surface area contributed by atoms with Gasteiger partial charge in [0.2, 0.25) is 0 Å². The Kier molecular flexibility index (Phi) is 5.57. The summed E-state index contributed by atoms with van der Waals surface area (Å²) >= 11 is 0. The molecule has 4 heterocycles. The molecule has 0 aliphatic carbocycles. The van der Waals surface area contributed by atoms with Crippen molar-refractivity contribution in [1.82, 2.24) is 24.7 Å². The molecule has 7 nitrogen and oxygen atoms in total. The Morgan fingerprint density at radius 1 is 1.32 bits per heavy atom. The van der Waals surface area contributed by atoms with Gasteiger partial charge in [-0.25, -0.2) is 4.52 Å². The molecule has 1 N–H and O–H groups in total. The van der Waals surface area contributed by atoms with Crippen molar-refractivity contribution in [2.75, 3.05) is 26.4 Å². The summed E-state index contributed by atoms with van der Waals surface area (Å²) in [7, 11) is 1.91. The smallest absolute Gasteiger partial charge is 0.145 e. The zero-order valence-electron chi connectivity index (χ0n) is 14.1. The molecule has 4 rings (SSSR count). The van der Waals surface area contributed by atoms with Gasteiger partial charge in [-0.15, -0.1) is 12.4 Å². The molecule has 134 valence electrons. The molecule has 3 aromatic rings. The average molecular weight is 364 g/mol. The second-order valence-corrected chi connectivity index (χ2v) is 6.02. The summed E-state index contributed by atoms with van der Waals surface area (Å²) in [4.78, 5) is 0. The molecule has 0 bridgehead atoms. The summed E-state index contributed by atoms with van der Waals surface area (Å²) in [5.41, 5.74) is 3.05. The fraction of sp³-hybridized carbons (Fsp3) is 0.412. The van der Waals surface area contributed by atoms with Gasteiger partial charge in [-0.3, -0.25) is 4.68 Å². The van der Waals surface area contributed by atoms with Crippen LogP contribution in [0.4, 0.5) is 0 Å². The SMILES string of the molecule is Cl.Cn1cc(-c2cc(OCCC3COCCN3)c3ccnn3c2)cn1. The van der Waals surface area contributed by atoms with Crippen LogP contribution in [0.2, 0.25) is 0 Å². The normalized spacial score (nSPS) is 17.4. The Hall–Kier alpha value is -2.09. The van der Waals surface area contributed by atoms with E-state index in [9.17, 15) is 0 Å². The number of rotatable bonds is 5. The number of morpholine rings is 1. The van der Waals surface area contributed by atoms with Crippen molar-refractivity contribution in [3.63, 3.8) is 0 Å². The monoisotopic (exact) mass is 363 g/mol. The van der Waals surface area contributed by atoms with Gasteiger partial charge in [0.1, 0.15) is 11.3 Å². The largest absolute Gasteiger partial charge is 0.491 e. The minimum Gasteiger partial charge on any atom is -0.491 e.